The van der Waals surface area contributed by atoms with Gasteiger partial charge in [-0.05, 0) is 66.4 Å². The molecule has 0 unspecified atom stereocenters. The van der Waals surface area contributed by atoms with Crippen LogP contribution in [0.5, 0.6) is 0 Å². The fraction of sp³-hybridized carbons (Fsp3) is 0.148. The SMILES string of the molecule is CCc1cc(-c2cccnc2)nn1-c1ccc(NC(=O)Cc2cc3ccccc3n2C)cc1. The summed E-state index contributed by atoms with van der Waals surface area (Å²) in [4.78, 5) is 16.9. The second-order valence-electron chi connectivity index (χ2n) is 8.05. The summed E-state index contributed by atoms with van der Waals surface area (Å²) in [5.41, 5.74) is 6.82. The maximum absolute atomic E-state index is 12.7. The van der Waals surface area contributed by atoms with Gasteiger partial charge in [-0.3, -0.25) is 9.78 Å². The van der Waals surface area contributed by atoms with Crippen molar-refractivity contribution < 1.29 is 4.79 Å². The monoisotopic (exact) mass is 435 g/mol. The third-order valence-corrected chi connectivity index (χ3v) is 5.89. The Morgan fingerprint density at radius 2 is 1.79 bits per heavy atom. The van der Waals surface area contributed by atoms with Crippen molar-refractivity contribution in [2.45, 2.75) is 19.8 Å². The Hall–Kier alpha value is -4.19. The van der Waals surface area contributed by atoms with Crippen molar-refractivity contribution in [2.24, 2.45) is 7.05 Å². The highest BCUT2D eigenvalue weighted by Gasteiger charge is 2.12. The van der Waals surface area contributed by atoms with Crippen LogP contribution in [0.25, 0.3) is 27.8 Å². The summed E-state index contributed by atoms with van der Waals surface area (Å²) in [5.74, 6) is -0.0409. The van der Waals surface area contributed by atoms with E-state index in [1.807, 2.05) is 66.5 Å². The van der Waals surface area contributed by atoms with Crippen molar-refractivity contribution in [1.82, 2.24) is 19.3 Å². The van der Waals surface area contributed by atoms with Gasteiger partial charge in [0.15, 0.2) is 0 Å². The maximum atomic E-state index is 12.7. The first kappa shape index (κ1) is 20.7. The number of anilines is 1. The predicted molar refractivity (Wildman–Crippen MR) is 131 cm³/mol. The van der Waals surface area contributed by atoms with Gasteiger partial charge in [-0.1, -0.05) is 25.1 Å². The molecular weight excluding hydrogens is 410 g/mol. The Kier molecular flexibility index (Phi) is 5.48. The summed E-state index contributed by atoms with van der Waals surface area (Å²) < 4.78 is 4.02. The van der Waals surface area contributed by atoms with Crippen LogP contribution in [0.4, 0.5) is 5.69 Å². The highest BCUT2D eigenvalue weighted by molar-refractivity contribution is 5.93. The molecule has 6 nitrogen and oxygen atoms in total. The van der Waals surface area contributed by atoms with Gasteiger partial charge in [-0.25, -0.2) is 4.68 Å². The molecule has 6 heteroatoms. The number of amides is 1. The largest absolute Gasteiger partial charge is 0.347 e. The molecule has 3 aromatic heterocycles. The maximum Gasteiger partial charge on any atom is 0.230 e. The van der Waals surface area contributed by atoms with Crippen LogP contribution in [-0.2, 0) is 24.7 Å². The molecule has 164 valence electrons. The van der Waals surface area contributed by atoms with Crippen LogP contribution in [0.15, 0.2) is 85.2 Å². The summed E-state index contributed by atoms with van der Waals surface area (Å²) in [6.07, 6.45) is 4.76. The molecule has 0 aliphatic heterocycles. The van der Waals surface area contributed by atoms with Gasteiger partial charge >= 0.3 is 0 Å². The Morgan fingerprint density at radius 1 is 0.970 bits per heavy atom. The summed E-state index contributed by atoms with van der Waals surface area (Å²) in [5, 5.41) is 8.94. The fourth-order valence-electron chi connectivity index (χ4n) is 4.12. The zero-order valence-electron chi connectivity index (χ0n) is 18.7. The minimum absolute atomic E-state index is 0.0409. The first-order chi connectivity index (χ1) is 16.1. The lowest BCUT2D eigenvalue weighted by molar-refractivity contribution is -0.115. The van der Waals surface area contributed by atoms with Crippen molar-refractivity contribution in [2.75, 3.05) is 5.32 Å². The van der Waals surface area contributed by atoms with Crippen LogP contribution in [0.2, 0.25) is 0 Å². The Balaban J connectivity index is 1.32. The molecule has 0 spiro atoms. The number of benzene rings is 2. The molecular formula is C27H25N5O. The van der Waals surface area contributed by atoms with Gasteiger partial charge in [-0.2, -0.15) is 5.10 Å². The summed E-state index contributed by atoms with van der Waals surface area (Å²) in [7, 11) is 1.99. The van der Waals surface area contributed by atoms with E-state index in [0.29, 0.717) is 6.42 Å². The van der Waals surface area contributed by atoms with Crippen LogP contribution in [-0.4, -0.2) is 25.2 Å². The lowest BCUT2D eigenvalue weighted by atomic mass is 10.2. The number of aryl methyl sites for hydroxylation is 2. The molecule has 0 bridgehead atoms. The molecule has 0 aliphatic rings. The average Bonchev–Trinajstić information content (AvgIpc) is 3.42. The third-order valence-electron chi connectivity index (χ3n) is 5.89. The molecule has 1 amide bonds. The van der Waals surface area contributed by atoms with E-state index in [4.69, 9.17) is 5.10 Å². The van der Waals surface area contributed by atoms with Gasteiger partial charge in [0, 0.05) is 47.6 Å². The molecule has 0 saturated heterocycles. The molecule has 0 aliphatic carbocycles. The van der Waals surface area contributed by atoms with E-state index < -0.39 is 0 Å². The number of aromatic nitrogens is 4. The van der Waals surface area contributed by atoms with Crippen LogP contribution < -0.4 is 5.32 Å². The highest BCUT2D eigenvalue weighted by atomic mass is 16.1. The van der Waals surface area contributed by atoms with Crippen molar-refractivity contribution in [3.63, 3.8) is 0 Å². The van der Waals surface area contributed by atoms with Crippen molar-refractivity contribution in [3.05, 3.63) is 96.6 Å². The molecule has 3 heterocycles. The molecule has 0 atom stereocenters. The number of carbonyl (C=O) groups is 1. The van der Waals surface area contributed by atoms with E-state index in [1.54, 1.807) is 6.20 Å². The van der Waals surface area contributed by atoms with E-state index in [1.165, 1.54) is 0 Å². The molecule has 33 heavy (non-hydrogen) atoms. The Labute approximate surface area is 192 Å². The summed E-state index contributed by atoms with van der Waals surface area (Å²) >= 11 is 0. The van der Waals surface area contributed by atoms with Crippen molar-refractivity contribution >= 4 is 22.5 Å². The zero-order chi connectivity index (χ0) is 22.8. The van der Waals surface area contributed by atoms with Gasteiger partial charge in [-0.15, -0.1) is 0 Å². The lowest BCUT2D eigenvalue weighted by Crippen LogP contribution is -2.16. The van der Waals surface area contributed by atoms with Gasteiger partial charge < -0.3 is 9.88 Å². The zero-order valence-corrected chi connectivity index (χ0v) is 18.7. The number of rotatable bonds is 6. The number of hydrogen-bond acceptors (Lipinski definition) is 3. The molecule has 1 N–H and O–H groups in total. The summed E-state index contributed by atoms with van der Waals surface area (Å²) in [6, 6.07) is 24.0. The van der Waals surface area contributed by atoms with E-state index in [2.05, 4.69) is 46.1 Å². The number of pyridine rings is 1. The minimum Gasteiger partial charge on any atom is -0.347 e. The number of nitrogens with one attached hydrogen (secondary N) is 1. The third kappa shape index (κ3) is 4.15. The molecule has 2 aromatic carbocycles. The lowest BCUT2D eigenvalue weighted by Gasteiger charge is -2.09. The quantitative estimate of drug-likeness (QED) is 0.400. The molecule has 0 radical (unpaired) electrons. The van der Waals surface area contributed by atoms with Crippen LogP contribution in [0, 0.1) is 0 Å². The molecule has 5 rings (SSSR count). The van der Waals surface area contributed by atoms with Crippen LogP contribution in [0.3, 0.4) is 0 Å². The van der Waals surface area contributed by atoms with Gasteiger partial charge in [0.05, 0.1) is 17.8 Å². The predicted octanol–water partition coefficient (Wildman–Crippen LogP) is 5.17. The van der Waals surface area contributed by atoms with Gasteiger partial charge in [0.2, 0.25) is 5.91 Å². The topological polar surface area (TPSA) is 64.7 Å². The highest BCUT2D eigenvalue weighted by Crippen LogP contribution is 2.23. The second kappa shape index (κ2) is 8.74. The van der Waals surface area contributed by atoms with Crippen molar-refractivity contribution in [3.8, 4) is 16.9 Å². The average molecular weight is 436 g/mol. The standard InChI is InChI=1S/C27H25N5O/c1-3-22-16-25(20-8-6-14-28-18-20)30-32(22)23-12-10-21(11-13-23)29-27(33)17-24-15-19-7-4-5-9-26(19)31(24)2/h4-16,18H,3,17H2,1-2H3,(H,29,33). The van der Waals surface area contributed by atoms with E-state index in [-0.39, 0.29) is 5.91 Å². The van der Waals surface area contributed by atoms with E-state index >= 15 is 0 Å². The number of carbonyl (C=O) groups excluding carboxylic acids is 1. The van der Waals surface area contributed by atoms with Gasteiger partial charge in [0.1, 0.15) is 0 Å². The molecule has 5 aromatic rings. The molecule has 0 fully saturated rings. The normalized spacial score (nSPS) is 11.1. The smallest absolute Gasteiger partial charge is 0.230 e. The van der Waals surface area contributed by atoms with Crippen LogP contribution in [0.1, 0.15) is 18.3 Å². The second-order valence-corrected chi connectivity index (χ2v) is 8.05. The van der Waals surface area contributed by atoms with Crippen LogP contribution >= 0.6 is 0 Å². The van der Waals surface area contributed by atoms with Gasteiger partial charge in [0.25, 0.3) is 0 Å². The van der Waals surface area contributed by atoms with Crippen molar-refractivity contribution in [1.29, 1.82) is 0 Å². The van der Waals surface area contributed by atoms with E-state index in [0.717, 1.165) is 51.3 Å². The Bertz CT molecular complexity index is 1410. The first-order valence-corrected chi connectivity index (χ1v) is 11.1. The summed E-state index contributed by atoms with van der Waals surface area (Å²) in [6.45, 7) is 2.11. The minimum atomic E-state index is -0.0409. The number of nitrogens with zero attached hydrogens (tertiary/aromatic N) is 4. The fourth-order valence-corrected chi connectivity index (χ4v) is 4.12. The number of hydrogen-bond donors (Lipinski definition) is 1. The molecule has 0 saturated carbocycles. The first-order valence-electron chi connectivity index (χ1n) is 11.1. The number of fused-ring (bicyclic) bond motifs is 1. The number of para-hydroxylation sites is 1. The van der Waals surface area contributed by atoms with E-state index in [9.17, 15) is 4.79 Å². The Morgan fingerprint density at radius 3 is 2.52 bits per heavy atom.